The van der Waals surface area contributed by atoms with E-state index in [0.29, 0.717) is 0 Å². The zero-order valence-electron chi connectivity index (χ0n) is 8.34. The summed E-state index contributed by atoms with van der Waals surface area (Å²) < 4.78 is 16.3. The average molecular weight is 204 g/mol. The molecular weight excluding hydrogens is 188 g/mol. The number of hydrogen-bond acceptors (Lipinski definition) is 5. The average Bonchev–Trinajstić information content (AvgIpc) is 2.42. The van der Waals surface area contributed by atoms with Crippen molar-refractivity contribution >= 4 is 0 Å². The van der Waals surface area contributed by atoms with Crippen LogP contribution in [-0.2, 0) is 14.2 Å². The zero-order valence-corrected chi connectivity index (χ0v) is 8.34. The molecule has 0 aliphatic carbocycles. The van der Waals surface area contributed by atoms with E-state index in [1.165, 1.54) is 0 Å². The quantitative estimate of drug-likeness (QED) is 0.588. The lowest BCUT2D eigenvalue weighted by molar-refractivity contribution is -0.158. The van der Waals surface area contributed by atoms with Crippen molar-refractivity contribution in [3.05, 3.63) is 0 Å². The van der Waals surface area contributed by atoms with Gasteiger partial charge >= 0.3 is 0 Å². The van der Waals surface area contributed by atoms with Gasteiger partial charge in [0.15, 0.2) is 5.79 Å². The van der Waals surface area contributed by atoms with Gasteiger partial charge in [-0.05, 0) is 13.8 Å². The van der Waals surface area contributed by atoms with Crippen LogP contribution in [0.2, 0.25) is 0 Å². The molecule has 2 aliphatic rings. The predicted molar refractivity (Wildman–Crippen MR) is 46.7 cm³/mol. The van der Waals surface area contributed by atoms with E-state index in [1.807, 2.05) is 0 Å². The fourth-order valence-electron chi connectivity index (χ4n) is 1.97. The van der Waals surface area contributed by atoms with Crippen LogP contribution >= 0.6 is 0 Å². The lowest BCUT2D eigenvalue weighted by Gasteiger charge is -2.33. The van der Waals surface area contributed by atoms with Gasteiger partial charge in [-0.2, -0.15) is 0 Å². The van der Waals surface area contributed by atoms with Crippen LogP contribution in [0.15, 0.2) is 0 Å². The Hall–Kier alpha value is -0.200. The van der Waals surface area contributed by atoms with Gasteiger partial charge < -0.3 is 24.4 Å². The molecule has 0 spiro atoms. The zero-order chi connectivity index (χ0) is 10.3. The molecule has 2 saturated heterocycles. The maximum Gasteiger partial charge on any atom is 0.164 e. The van der Waals surface area contributed by atoms with Crippen molar-refractivity contribution in [1.82, 2.24) is 0 Å². The van der Waals surface area contributed by atoms with Crippen molar-refractivity contribution in [2.24, 2.45) is 0 Å². The lowest BCUT2D eigenvalue weighted by atomic mass is 10.0. The second kappa shape index (κ2) is 3.43. The van der Waals surface area contributed by atoms with Gasteiger partial charge in [0.1, 0.15) is 24.4 Å². The van der Waals surface area contributed by atoms with Crippen molar-refractivity contribution in [2.45, 2.75) is 44.1 Å². The summed E-state index contributed by atoms with van der Waals surface area (Å²) in [6.45, 7) is 3.64. The van der Waals surface area contributed by atoms with Crippen LogP contribution in [0.4, 0.5) is 0 Å². The van der Waals surface area contributed by atoms with Gasteiger partial charge in [0, 0.05) is 0 Å². The Kier molecular flexibility index (Phi) is 2.53. The molecule has 0 bridgehead atoms. The normalized spacial score (nSPS) is 46.3. The fourth-order valence-corrected chi connectivity index (χ4v) is 1.97. The molecule has 5 heteroatoms. The molecule has 0 saturated carbocycles. The maximum atomic E-state index is 9.61. The molecule has 2 heterocycles. The van der Waals surface area contributed by atoms with Crippen molar-refractivity contribution in [1.29, 1.82) is 0 Å². The molecule has 4 atom stereocenters. The molecule has 2 rings (SSSR count). The second-order valence-corrected chi connectivity index (χ2v) is 4.19. The monoisotopic (exact) mass is 204 g/mol. The van der Waals surface area contributed by atoms with E-state index >= 15 is 0 Å². The van der Waals surface area contributed by atoms with E-state index in [9.17, 15) is 5.11 Å². The van der Waals surface area contributed by atoms with Crippen LogP contribution in [0.5, 0.6) is 0 Å². The standard InChI is InChI=1S/C9H16O5/c1-9(2)13-7-5(11)4-12-6(3-10)8(7)14-9/h5-8,10-11H,3-4H2,1-2H3/t5-,6+,7+,8-/m0/s1. The molecule has 0 amide bonds. The van der Waals surface area contributed by atoms with Crippen molar-refractivity contribution in [3.8, 4) is 0 Å². The highest BCUT2D eigenvalue weighted by Gasteiger charge is 2.51. The molecule has 0 unspecified atom stereocenters. The summed E-state index contributed by atoms with van der Waals surface area (Å²) in [5.41, 5.74) is 0. The molecule has 0 aromatic heterocycles. The molecule has 0 aromatic carbocycles. The van der Waals surface area contributed by atoms with Gasteiger partial charge in [0.25, 0.3) is 0 Å². The number of aliphatic hydroxyl groups excluding tert-OH is 2. The highest BCUT2D eigenvalue weighted by atomic mass is 16.8. The van der Waals surface area contributed by atoms with Gasteiger partial charge in [-0.1, -0.05) is 0 Å². The molecule has 2 N–H and O–H groups in total. The summed E-state index contributed by atoms with van der Waals surface area (Å²) in [6, 6.07) is 0. The van der Waals surface area contributed by atoms with Crippen molar-refractivity contribution < 1.29 is 24.4 Å². The minimum absolute atomic E-state index is 0.118. The van der Waals surface area contributed by atoms with Gasteiger partial charge in [0.2, 0.25) is 0 Å². The number of rotatable bonds is 1. The van der Waals surface area contributed by atoms with Crippen LogP contribution in [-0.4, -0.2) is 53.6 Å². The lowest BCUT2D eigenvalue weighted by Crippen LogP contribution is -2.52. The van der Waals surface area contributed by atoms with Crippen LogP contribution in [0, 0.1) is 0 Å². The Morgan fingerprint density at radius 1 is 1.29 bits per heavy atom. The van der Waals surface area contributed by atoms with Crippen LogP contribution in [0.25, 0.3) is 0 Å². The highest BCUT2D eigenvalue weighted by molar-refractivity contribution is 4.94. The summed E-state index contributed by atoms with van der Waals surface area (Å²) in [7, 11) is 0. The summed E-state index contributed by atoms with van der Waals surface area (Å²) in [6.07, 6.45) is -1.84. The molecular formula is C9H16O5. The Morgan fingerprint density at radius 3 is 2.57 bits per heavy atom. The summed E-state index contributed by atoms with van der Waals surface area (Å²) in [5.74, 6) is -0.711. The van der Waals surface area contributed by atoms with Crippen molar-refractivity contribution in [3.63, 3.8) is 0 Å². The van der Waals surface area contributed by atoms with E-state index in [0.717, 1.165) is 0 Å². The summed E-state index contributed by atoms with van der Waals surface area (Å²) in [4.78, 5) is 0. The minimum Gasteiger partial charge on any atom is -0.394 e. The molecule has 5 nitrogen and oxygen atoms in total. The third-order valence-corrected chi connectivity index (χ3v) is 2.57. The first-order valence-electron chi connectivity index (χ1n) is 4.79. The SMILES string of the molecule is CC1(C)O[C@@H]2[C@H](O1)[C@@H](O)CO[C@@H]2CO. The molecule has 2 fully saturated rings. The highest BCUT2D eigenvalue weighted by Crippen LogP contribution is 2.35. The Balaban J connectivity index is 2.14. The van der Waals surface area contributed by atoms with Crippen LogP contribution < -0.4 is 0 Å². The fraction of sp³-hybridized carbons (Fsp3) is 1.00. The molecule has 14 heavy (non-hydrogen) atoms. The third-order valence-electron chi connectivity index (χ3n) is 2.57. The van der Waals surface area contributed by atoms with E-state index in [-0.39, 0.29) is 19.3 Å². The number of aliphatic hydroxyl groups is 2. The van der Waals surface area contributed by atoms with E-state index in [1.54, 1.807) is 13.8 Å². The van der Waals surface area contributed by atoms with E-state index in [2.05, 4.69) is 0 Å². The Morgan fingerprint density at radius 2 is 1.93 bits per heavy atom. The third kappa shape index (κ3) is 1.66. The largest absolute Gasteiger partial charge is 0.394 e. The number of fused-ring (bicyclic) bond motifs is 1. The number of hydrogen-bond donors (Lipinski definition) is 2. The first kappa shape index (κ1) is 10.3. The molecule has 0 radical (unpaired) electrons. The van der Waals surface area contributed by atoms with Gasteiger partial charge in [0.05, 0.1) is 13.2 Å². The second-order valence-electron chi connectivity index (χ2n) is 4.19. The van der Waals surface area contributed by atoms with Crippen molar-refractivity contribution in [2.75, 3.05) is 13.2 Å². The Labute approximate surface area is 82.6 Å². The maximum absolute atomic E-state index is 9.61. The summed E-state index contributed by atoms with van der Waals surface area (Å²) in [5, 5.41) is 18.7. The molecule has 2 aliphatic heterocycles. The first-order valence-corrected chi connectivity index (χ1v) is 4.79. The van der Waals surface area contributed by atoms with Gasteiger partial charge in [-0.25, -0.2) is 0 Å². The van der Waals surface area contributed by atoms with E-state index in [4.69, 9.17) is 19.3 Å². The molecule has 0 aromatic rings. The predicted octanol–water partition coefficient (Wildman–Crippen LogP) is -0.742. The van der Waals surface area contributed by atoms with Crippen LogP contribution in [0.3, 0.4) is 0 Å². The summed E-state index contributed by atoms with van der Waals surface area (Å²) >= 11 is 0. The van der Waals surface area contributed by atoms with E-state index < -0.39 is 24.1 Å². The Bertz CT molecular complexity index is 217. The number of ether oxygens (including phenoxy) is 3. The molecule has 82 valence electrons. The van der Waals surface area contributed by atoms with Crippen LogP contribution in [0.1, 0.15) is 13.8 Å². The van der Waals surface area contributed by atoms with Gasteiger partial charge in [-0.15, -0.1) is 0 Å². The van der Waals surface area contributed by atoms with Gasteiger partial charge in [-0.3, -0.25) is 0 Å². The smallest absolute Gasteiger partial charge is 0.164 e. The topological polar surface area (TPSA) is 68.2 Å². The first-order chi connectivity index (χ1) is 6.53. The minimum atomic E-state index is -0.711.